The van der Waals surface area contributed by atoms with Crippen LogP contribution in [-0.2, 0) is 6.54 Å². The number of pyridine rings is 1. The highest BCUT2D eigenvalue weighted by Crippen LogP contribution is 2.32. The molecule has 0 saturated heterocycles. The van der Waals surface area contributed by atoms with Crippen molar-refractivity contribution in [3.63, 3.8) is 0 Å². The van der Waals surface area contributed by atoms with Crippen molar-refractivity contribution in [2.45, 2.75) is 26.8 Å². The van der Waals surface area contributed by atoms with Crippen LogP contribution in [0, 0.1) is 5.92 Å². The lowest BCUT2D eigenvalue weighted by Gasteiger charge is -2.15. The molecule has 0 fully saturated rings. The quantitative estimate of drug-likeness (QED) is 0.909. The second-order valence-electron chi connectivity index (χ2n) is 5.30. The number of aromatic hydroxyl groups is 1. The van der Waals surface area contributed by atoms with E-state index in [2.05, 4.69) is 0 Å². The largest absolute Gasteiger partial charge is 0.506 e. The number of nitrogens with zero attached hydrogens (tertiary/aromatic N) is 1. The molecule has 112 valence electrons. The molecule has 0 spiro atoms. The van der Waals surface area contributed by atoms with Gasteiger partial charge in [0, 0.05) is 6.54 Å². The van der Waals surface area contributed by atoms with Crippen LogP contribution in [0.4, 0.5) is 0 Å². The molecule has 1 aromatic carbocycles. The molecular formula is C15H16ClNO4. The van der Waals surface area contributed by atoms with Gasteiger partial charge in [0.1, 0.15) is 5.75 Å². The minimum Gasteiger partial charge on any atom is -0.506 e. The summed E-state index contributed by atoms with van der Waals surface area (Å²) >= 11 is 6.06. The van der Waals surface area contributed by atoms with Crippen molar-refractivity contribution in [1.29, 1.82) is 0 Å². The van der Waals surface area contributed by atoms with Crippen LogP contribution < -0.4 is 5.56 Å². The average molecular weight is 310 g/mol. The lowest BCUT2D eigenvalue weighted by Crippen LogP contribution is -2.27. The van der Waals surface area contributed by atoms with Gasteiger partial charge in [0.15, 0.2) is 5.56 Å². The zero-order chi connectivity index (χ0) is 15.7. The summed E-state index contributed by atoms with van der Waals surface area (Å²) in [6, 6.07) is 4.86. The first kappa shape index (κ1) is 15.4. The van der Waals surface area contributed by atoms with Gasteiger partial charge >= 0.3 is 5.97 Å². The zero-order valence-electron chi connectivity index (χ0n) is 11.8. The number of carbonyl (C=O) groups is 1. The van der Waals surface area contributed by atoms with Crippen LogP contribution >= 0.6 is 11.6 Å². The summed E-state index contributed by atoms with van der Waals surface area (Å²) in [5.74, 6) is -1.68. The van der Waals surface area contributed by atoms with Gasteiger partial charge in [0.25, 0.3) is 5.56 Å². The van der Waals surface area contributed by atoms with E-state index in [0.717, 1.165) is 0 Å². The van der Waals surface area contributed by atoms with Crippen LogP contribution in [0.2, 0.25) is 5.02 Å². The highest BCUT2D eigenvalue weighted by Gasteiger charge is 2.22. The molecule has 0 aliphatic rings. The second-order valence-corrected chi connectivity index (χ2v) is 5.71. The van der Waals surface area contributed by atoms with Crippen LogP contribution in [0.25, 0.3) is 10.9 Å². The molecule has 2 N–H and O–H groups in total. The Morgan fingerprint density at radius 1 is 1.38 bits per heavy atom. The summed E-state index contributed by atoms with van der Waals surface area (Å²) in [5, 5.41) is 19.7. The Morgan fingerprint density at radius 3 is 2.62 bits per heavy atom. The summed E-state index contributed by atoms with van der Waals surface area (Å²) in [4.78, 5) is 23.6. The van der Waals surface area contributed by atoms with Crippen LogP contribution in [0.5, 0.6) is 5.75 Å². The summed E-state index contributed by atoms with van der Waals surface area (Å²) in [6.07, 6.45) is 0.714. The number of aryl methyl sites for hydroxylation is 1. The molecule has 1 heterocycles. The SMILES string of the molecule is CC(C)CCn1c(=O)c(C(=O)O)c(O)c2c(Cl)cccc21. The first-order valence-corrected chi connectivity index (χ1v) is 6.99. The van der Waals surface area contributed by atoms with E-state index in [4.69, 9.17) is 11.6 Å². The fourth-order valence-corrected chi connectivity index (χ4v) is 2.50. The summed E-state index contributed by atoms with van der Waals surface area (Å²) in [6.45, 7) is 4.39. The van der Waals surface area contributed by atoms with Crippen LogP contribution in [0.1, 0.15) is 30.6 Å². The first-order valence-electron chi connectivity index (χ1n) is 6.61. The minimum atomic E-state index is -1.46. The normalized spacial score (nSPS) is 11.2. The molecule has 0 saturated carbocycles. The maximum Gasteiger partial charge on any atom is 0.345 e. The smallest absolute Gasteiger partial charge is 0.345 e. The van der Waals surface area contributed by atoms with Crippen LogP contribution in [0.15, 0.2) is 23.0 Å². The molecule has 0 amide bonds. The van der Waals surface area contributed by atoms with Gasteiger partial charge in [-0.1, -0.05) is 31.5 Å². The van der Waals surface area contributed by atoms with Crippen molar-refractivity contribution in [2.24, 2.45) is 5.92 Å². The summed E-state index contributed by atoms with van der Waals surface area (Å²) in [7, 11) is 0. The molecular weight excluding hydrogens is 294 g/mol. The molecule has 21 heavy (non-hydrogen) atoms. The maximum atomic E-state index is 12.3. The first-order chi connectivity index (χ1) is 9.84. The number of rotatable bonds is 4. The average Bonchev–Trinajstić information content (AvgIpc) is 2.37. The zero-order valence-corrected chi connectivity index (χ0v) is 12.5. The molecule has 0 radical (unpaired) electrons. The lowest BCUT2D eigenvalue weighted by atomic mass is 10.1. The van der Waals surface area contributed by atoms with Crippen molar-refractivity contribution in [2.75, 3.05) is 0 Å². The minimum absolute atomic E-state index is 0.194. The van der Waals surface area contributed by atoms with E-state index in [1.54, 1.807) is 18.2 Å². The third-order valence-corrected chi connectivity index (χ3v) is 3.67. The van der Waals surface area contributed by atoms with Crippen molar-refractivity contribution >= 4 is 28.5 Å². The van der Waals surface area contributed by atoms with Crippen molar-refractivity contribution in [3.05, 3.63) is 39.1 Å². The fourth-order valence-electron chi connectivity index (χ4n) is 2.24. The number of carboxylic acid groups (broad SMARTS) is 1. The molecule has 5 nitrogen and oxygen atoms in total. The Morgan fingerprint density at radius 2 is 2.05 bits per heavy atom. The number of fused-ring (bicyclic) bond motifs is 1. The van der Waals surface area contributed by atoms with Crippen molar-refractivity contribution < 1.29 is 15.0 Å². The van der Waals surface area contributed by atoms with Gasteiger partial charge in [-0.15, -0.1) is 0 Å². The number of carboxylic acids is 1. The predicted octanol–water partition coefficient (Wildman–Crippen LogP) is 3.10. The van der Waals surface area contributed by atoms with E-state index in [1.165, 1.54) is 4.57 Å². The highest BCUT2D eigenvalue weighted by atomic mass is 35.5. The van der Waals surface area contributed by atoms with E-state index in [0.29, 0.717) is 24.4 Å². The van der Waals surface area contributed by atoms with Crippen molar-refractivity contribution in [3.8, 4) is 5.75 Å². The Kier molecular flexibility index (Phi) is 4.23. The Balaban J connectivity index is 2.85. The molecule has 1 aromatic heterocycles. The molecule has 0 aliphatic heterocycles. The van der Waals surface area contributed by atoms with E-state index >= 15 is 0 Å². The Bertz CT molecular complexity index is 764. The molecule has 0 bridgehead atoms. The van der Waals surface area contributed by atoms with Gasteiger partial charge in [-0.2, -0.15) is 0 Å². The topological polar surface area (TPSA) is 79.5 Å². The number of hydrogen-bond acceptors (Lipinski definition) is 3. The van der Waals surface area contributed by atoms with Gasteiger partial charge < -0.3 is 14.8 Å². The maximum absolute atomic E-state index is 12.3. The predicted molar refractivity (Wildman–Crippen MR) is 81.3 cm³/mol. The molecule has 2 rings (SSSR count). The summed E-state index contributed by atoms with van der Waals surface area (Å²) in [5.41, 5.74) is -0.912. The molecule has 2 aromatic rings. The van der Waals surface area contributed by atoms with E-state index in [-0.39, 0.29) is 10.4 Å². The molecule has 6 heteroatoms. The van der Waals surface area contributed by atoms with Gasteiger partial charge in [-0.25, -0.2) is 4.79 Å². The number of aromatic nitrogens is 1. The summed E-state index contributed by atoms with van der Waals surface area (Å²) < 4.78 is 1.37. The van der Waals surface area contributed by atoms with Gasteiger partial charge in [-0.3, -0.25) is 4.79 Å². The van der Waals surface area contributed by atoms with Gasteiger partial charge in [0.2, 0.25) is 0 Å². The Labute approximate surface area is 126 Å². The van der Waals surface area contributed by atoms with Crippen LogP contribution in [-0.4, -0.2) is 20.7 Å². The number of benzene rings is 1. The number of hydrogen-bond donors (Lipinski definition) is 2. The van der Waals surface area contributed by atoms with Crippen molar-refractivity contribution in [1.82, 2.24) is 4.57 Å². The third-order valence-electron chi connectivity index (χ3n) is 3.36. The number of aromatic carboxylic acids is 1. The highest BCUT2D eigenvalue weighted by molar-refractivity contribution is 6.36. The van der Waals surface area contributed by atoms with E-state index in [9.17, 15) is 19.8 Å². The van der Waals surface area contributed by atoms with Crippen LogP contribution in [0.3, 0.4) is 0 Å². The third kappa shape index (κ3) is 2.74. The standard InChI is InChI=1S/C15H16ClNO4/c1-8(2)6-7-17-10-5-3-4-9(16)11(10)13(18)12(14(17)19)15(20)21/h3-5,8,18H,6-7H2,1-2H3,(H,20,21). The van der Waals surface area contributed by atoms with E-state index in [1.807, 2.05) is 13.8 Å². The molecule has 0 aliphatic carbocycles. The lowest BCUT2D eigenvalue weighted by molar-refractivity contribution is 0.0691. The molecule has 0 unspecified atom stereocenters. The van der Waals surface area contributed by atoms with Gasteiger partial charge in [0.05, 0.1) is 15.9 Å². The van der Waals surface area contributed by atoms with Gasteiger partial charge in [-0.05, 0) is 24.5 Å². The van der Waals surface area contributed by atoms with E-state index < -0.39 is 22.8 Å². The fraction of sp³-hybridized carbons (Fsp3) is 0.333. The molecule has 0 atom stereocenters. The monoisotopic (exact) mass is 309 g/mol. The number of halogens is 1. The second kappa shape index (κ2) is 5.77. The Hall–Kier alpha value is -2.01.